The SMILES string of the molecule is CC(=O)c1cccc(S(=O)(=O)NNC(=O)C2CC2)c1. The van der Waals surface area contributed by atoms with Crippen LogP contribution in [-0.2, 0) is 14.8 Å². The van der Waals surface area contributed by atoms with Gasteiger partial charge in [0.1, 0.15) is 0 Å². The molecule has 1 aliphatic carbocycles. The molecule has 1 aromatic carbocycles. The fourth-order valence-corrected chi connectivity index (χ4v) is 2.40. The number of nitrogens with one attached hydrogen (secondary N) is 2. The number of ketones is 1. The van der Waals surface area contributed by atoms with E-state index in [9.17, 15) is 18.0 Å². The highest BCUT2D eigenvalue weighted by Crippen LogP contribution is 2.28. The lowest BCUT2D eigenvalue weighted by molar-refractivity contribution is -0.122. The highest BCUT2D eigenvalue weighted by molar-refractivity contribution is 7.89. The third kappa shape index (κ3) is 3.39. The number of sulfonamides is 1. The molecule has 0 atom stereocenters. The zero-order valence-electron chi connectivity index (χ0n) is 10.3. The molecule has 7 heteroatoms. The molecule has 1 aliphatic rings. The lowest BCUT2D eigenvalue weighted by atomic mass is 10.2. The maximum atomic E-state index is 11.9. The van der Waals surface area contributed by atoms with Crippen molar-refractivity contribution in [2.24, 2.45) is 5.92 Å². The van der Waals surface area contributed by atoms with Crippen LogP contribution in [0.5, 0.6) is 0 Å². The van der Waals surface area contributed by atoms with E-state index in [1.165, 1.54) is 31.2 Å². The van der Waals surface area contributed by atoms with E-state index in [2.05, 4.69) is 5.43 Å². The van der Waals surface area contributed by atoms with Gasteiger partial charge in [-0.05, 0) is 31.9 Å². The molecule has 1 aromatic rings. The van der Waals surface area contributed by atoms with Crippen molar-refractivity contribution in [3.63, 3.8) is 0 Å². The molecule has 1 amide bonds. The Morgan fingerprint density at radius 2 is 1.95 bits per heavy atom. The number of rotatable bonds is 5. The first kappa shape index (κ1) is 13.7. The van der Waals surface area contributed by atoms with E-state index in [0.717, 1.165) is 12.8 Å². The van der Waals surface area contributed by atoms with Crippen LogP contribution in [0.3, 0.4) is 0 Å². The number of carbonyl (C=O) groups excluding carboxylic acids is 2. The first-order valence-electron chi connectivity index (χ1n) is 5.83. The number of hydrazine groups is 1. The predicted octanol–water partition coefficient (Wildman–Crippen LogP) is 0.609. The van der Waals surface area contributed by atoms with Gasteiger partial charge in [-0.25, -0.2) is 8.42 Å². The molecule has 1 fully saturated rings. The van der Waals surface area contributed by atoms with Crippen LogP contribution < -0.4 is 10.3 Å². The molecule has 1 saturated carbocycles. The Kier molecular flexibility index (Phi) is 3.68. The Balaban J connectivity index is 2.12. The van der Waals surface area contributed by atoms with Crippen LogP contribution in [0, 0.1) is 5.92 Å². The maximum Gasteiger partial charge on any atom is 0.257 e. The minimum absolute atomic E-state index is 0.0590. The first-order chi connectivity index (χ1) is 8.90. The van der Waals surface area contributed by atoms with Crippen molar-refractivity contribution in [1.29, 1.82) is 0 Å². The molecule has 0 unspecified atom stereocenters. The first-order valence-corrected chi connectivity index (χ1v) is 7.31. The predicted molar refractivity (Wildman–Crippen MR) is 67.6 cm³/mol. The number of benzene rings is 1. The van der Waals surface area contributed by atoms with Gasteiger partial charge in [0.15, 0.2) is 5.78 Å². The molecule has 0 saturated heterocycles. The minimum Gasteiger partial charge on any atom is -0.295 e. The van der Waals surface area contributed by atoms with Gasteiger partial charge in [-0.2, -0.15) is 0 Å². The maximum absolute atomic E-state index is 11.9. The zero-order valence-corrected chi connectivity index (χ0v) is 11.2. The number of amides is 1. The van der Waals surface area contributed by atoms with Crippen LogP contribution in [0.4, 0.5) is 0 Å². The Hall–Kier alpha value is -1.73. The summed E-state index contributed by atoms with van der Waals surface area (Å²) >= 11 is 0. The monoisotopic (exact) mass is 282 g/mol. The van der Waals surface area contributed by atoms with Crippen molar-refractivity contribution < 1.29 is 18.0 Å². The van der Waals surface area contributed by atoms with Crippen LogP contribution in [-0.4, -0.2) is 20.1 Å². The topological polar surface area (TPSA) is 92.3 Å². The van der Waals surface area contributed by atoms with Gasteiger partial charge in [-0.1, -0.05) is 12.1 Å². The van der Waals surface area contributed by atoms with Gasteiger partial charge in [0, 0.05) is 11.5 Å². The molecule has 0 aliphatic heterocycles. The van der Waals surface area contributed by atoms with Gasteiger partial charge in [0.05, 0.1) is 4.90 Å². The number of Topliss-reactive ketones (excluding diaryl/α,β-unsaturated/α-hetero) is 1. The van der Waals surface area contributed by atoms with Crippen molar-refractivity contribution in [2.45, 2.75) is 24.7 Å². The molecular weight excluding hydrogens is 268 g/mol. The van der Waals surface area contributed by atoms with Crippen LogP contribution in [0.25, 0.3) is 0 Å². The zero-order chi connectivity index (χ0) is 14.0. The lowest BCUT2D eigenvalue weighted by Crippen LogP contribution is -2.42. The van der Waals surface area contributed by atoms with E-state index in [4.69, 9.17) is 0 Å². The van der Waals surface area contributed by atoms with Gasteiger partial charge >= 0.3 is 0 Å². The summed E-state index contributed by atoms with van der Waals surface area (Å²) in [7, 11) is -3.85. The highest BCUT2D eigenvalue weighted by Gasteiger charge is 2.30. The van der Waals surface area contributed by atoms with Crippen molar-refractivity contribution in [3.05, 3.63) is 29.8 Å². The third-order valence-electron chi connectivity index (χ3n) is 2.81. The van der Waals surface area contributed by atoms with Gasteiger partial charge in [0.25, 0.3) is 10.0 Å². The number of hydrogen-bond acceptors (Lipinski definition) is 4. The van der Waals surface area contributed by atoms with Gasteiger partial charge in [-0.3, -0.25) is 15.0 Å². The largest absolute Gasteiger partial charge is 0.295 e. The Morgan fingerprint density at radius 1 is 1.26 bits per heavy atom. The average Bonchev–Trinajstić information content (AvgIpc) is 3.20. The standard InChI is InChI=1S/C12H14N2O4S/c1-8(15)10-3-2-4-11(7-10)19(17,18)14-13-12(16)9-5-6-9/h2-4,7,9,14H,5-6H2,1H3,(H,13,16). The van der Waals surface area contributed by atoms with Crippen molar-refractivity contribution >= 4 is 21.7 Å². The molecule has 6 nitrogen and oxygen atoms in total. The van der Waals surface area contributed by atoms with Crippen LogP contribution in [0.1, 0.15) is 30.1 Å². The molecule has 0 aromatic heterocycles. The summed E-state index contributed by atoms with van der Waals surface area (Å²) in [6.45, 7) is 1.36. The van der Waals surface area contributed by atoms with E-state index in [1.54, 1.807) is 0 Å². The van der Waals surface area contributed by atoms with E-state index >= 15 is 0 Å². The van der Waals surface area contributed by atoms with Crippen molar-refractivity contribution in [2.75, 3.05) is 0 Å². The fourth-order valence-electron chi connectivity index (χ4n) is 1.51. The third-order valence-corrected chi connectivity index (χ3v) is 4.05. The van der Waals surface area contributed by atoms with Gasteiger partial charge in [-0.15, -0.1) is 4.83 Å². The molecule has 0 bridgehead atoms. The van der Waals surface area contributed by atoms with Gasteiger partial charge in [0.2, 0.25) is 5.91 Å². The second kappa shape index (κ2) is 5.10. The molecular formula is C12H14N2O4S. The second-order valence-electron chi connectivity index (χ2n) is 4.45. The van der Waals surface area contributed by atoms with E-state index in [-0.39, 0.29) is 22.5 Å². The van der Waals surface area contributed by atoms with E-state index < -0.39 is 10.0 Å². The molecule has 19 heavy (non-hydrogen) atoms. The summed E-state index contributed by atoms with van der Waals surface area (Å²) in [5.74, 6) is -0.642. The van der Waals surface area contributed by atoms with Crippen molar-refractivity contribution in [1.82, 2.24) is 10.3 Å². The van der Waals surface area contributed by atoms with E-state index in [1.807, 2.05) is 4.83 Å². The molecule has 0 radical (unpaired) electrons. The van der Waals surface area contributed by atoms with Crippen LogP contribution in [0.15, 0.2) is 29.2 Å². The van der Waals surface area contributed by atoms with E-state index in [0.29, 0.717) is 5.56 Å². The quantitative estimate of drug-likeness (QED) is 0.611. The normalized spacial score (nSPS) is 15.0. The smallest absolute Gasteiger partial charge is 0.257 e. The van der Waals surface area contributed by atoms with Crippen LogP contribution in [0.2, 0.25) is 0 Å². The van der Waals surface area contributed by atoms with Crippen LogP contribution >= 0.6 is 0 Å². The Bertz CT molecular complexity index is 620. The lowest BCUT2D eigenvalue weighted by Gasteiger charge is -2.08. The fraction of sp³-hybridized carbons (Fsp3) is 0.333. The molecule has 2 rings (SSSR count). The van der Waals surface area contributed by atoms with Crippen molar-refractivity contribution in [3.8, 4) is 0 Å². The Morgan fingerprint density at radius 3 is 2.53 bits per heavy atom. The summed E-state index contributed by atoms with van der Waals surface area (Å²) in [5, 5.41) is 0. The number of carbonyl (C=O) groups is 2. The number of hydrogen-bond donors (Lipinski definition) is 2. The summed E-state index contributed by atoms with van der Waals surface area (Å²) in [4.78, 5) is 24.5. The summed E-state index contributed by atoms with van der Waals surface area (Å²) in [6, 6.07) is 5.64. The molecule has 0 spiro atoms. The highest BCUT2D eigenvalue weighted by atomic mass is 32.2. The minimum atomic E-state index is -3.85. The molecule has 102 valence electrons. The summed E-state index contributed by atoms with van der Waals surface area (Å²) in [5.41, 5.74) is 2.47. The average molecular weight is 282 g/mol. The second-order valence-corrected chi connectivity index (χ2v) is 6.14. The summed E-state index contributed by atoms with van der Waals surface area (Å²) < 4.78 is 23.8. The Labute approximate surface area is 111 Å². The van der Waals surface area contributed by atoms with Gasteiger partial charge < -0.3 is 0 Å². The molecule has 0 heterocycles. The molecule has 2 N–H and O–H groups in total. The summed E-state index contributed by atoms with van der Waals surface area (Å²) in [6.07, 6.45) is 1.57.